The van der Waals surface area contributed by atoms with Crippen LogP contribution in [0.5, 0.6) is 0 Å². The number of rotatable bonds is 1. The summed E-state index contributed by atoms with van der Waals surface area (Å²) in [4.78, 5) is 2.74. The van der Waals surface area contributed by atoms with Crippen molar-refractivity contribution in [1.82, 2.24) is 10.2 Å². The monoisotopic (exact) mass is 224 g/mol. The summed E-state index contributed by atoms with van der Waals surface area (Å²) < 4.78 is 5.48. The van der Waals surface area contributed by atoms with Crippen LogP contribution in [-0.2, 0) is 4.74 Å². The molecule has 0 bridgehead atoms. The van der Waals surface area contributed by atoms with Gasteiger partial charge in [0.15, 0.2) is 0 Å². The molecule has 0 aromatic heterocycles. The number of hydrogen-bond acceptors (Lipinski definition) is 3. The molecule has 0 atom stereocenters. The lowest BCUT2D eigenvalue weighted by atomic mass is 9.70. The Morgan fingerprint density at radius 3 is 2.25 bits per heavy atom. The van der Waals surface area contributed by atoms with Crippen LogP contribution in [0.2, 0.25) is 0 Å². The van der Waals surface area contributed by atoms with Gasteiger partial charge in [-0.2, -0.15) is 0 Å². The first kappa shape index (κ1) is 11.0. The van der Waals surface area contributed by atoms with Gasteiger partial charge in [0.05, 0.1) is 0 Å². The number of likely N-dealkylation sites (tertiary alicyclic amines) is 1. The molecule has 3 heteroatoms. The quantitative estimate of drug-likeness (QED) is 0.725. The normalized spacial score (nSPS) is 33.6. The molecular formula is C13H24N2O. The second-order valence-electron chi connectivity index (χ2n) is 6.22. The predicted octanol–water partition coefficient (Wildman–Crippen LogP) is 1.24. The fraction of sp³-hybridized carbons (Fsp3) is 1.00. The molecule has 3 saturated heterocycles. The number of piperidine rings is 1. The SMILES string of the molecule is CC1(N2CC3(CCOCC3)C2)CCNCC1. The maximum absolute atomic E-state index is 5.48. The zero-order valence-corrected chi connectivity index (χ0v) is 10.4. The summed E-state index contributed by atoms with van der Waals surface area (Å²) in [7, 11) is 0. The van der Waals surface area contributed by atoms with E-state index in [1.165, 1.54) is 51.9 Å². The molecule has 3 aliphatic rings. The molecule has 1 spiro atoms. The molecule has 3 heterocycles. The van der Waals surface area contributed by atoms with Gasteiger partial charge in [-0.3, -0.25) is 4.90 Å². The number of nitrogens with one attached hydrogen (secondary N) is 1. The molecule has 3 fully saturated rings. The molecule has 0 radical (unpaired) electrons. The van der Waals surface area contributed by atoms with Crippen molar-refractivity contribution in [2.45, 2.75) is 38.1 Å². The van der Waals surface area contributed by atoms with Gasteiger partial charge < -0.3 is 10.1 Å². The lowest BCUT2D eigenvalue weighted by molar-refractivity contribution is -0.127. The average Bonchev–Trinajstić information content (AvgIpc) is 2.28. The molecule has 0 aromatic carbocycles. The second kappa shape index (κ2) is 3.97. The van der Waals surface area contributed by atoms with Crippen molar-refractivity contribution in [2.24, 2.45) is 5.41 Å². The Morgan fingerprint density at radius 1 is 1.00 bits per heavy atom. The Kier molecular flexibility index (Phi) is 2.73. The number of hydrogen-bond donors (Lipinski definition) is 1. The molecule has 3 nitrogen and oxygen atoms in total. The van der Waals surface area contributed by atoms with Gasteiger partial charge in [-0.05, 0) is 45.7 Å². The Labute approximate surface area is 98.5 Å². The molecule has 3 aliphatic heterocycles. The van der Waals surface area contributed by atoms with Crippen LogP contribution in [-0.4, -0.2) is 49.8 Å². The highest BCUT2D eigenvalue weighted by atomic mass is 16.5. The summed E-state index contributed by atoms with van der Waals surface area (Å²) in [6, 6.07) is 0. The van der Waals surface area contributed by atoms with Gasteiger partial charge >= 0.3 is 0 Å². The van der Waals surface area contributed by atoms with Crippen molar-refractivity contribution in [3.8, 4) is 0 Å². The predicted molar refractivity (Wildman–Crippen MR) is 64.6 cm³/mol. The lowest BCUT2D eigenvalue weighted by Gasteiger charge is -2.60. The molecule has 0 aromatic rings. The largest absolute Gasteiger partial charge is 0.381 e. The molecule has 0 aliphatic carbocycles. The zero-order valence-electron chi connectivity index (χ0n) is 10.4. The summed E-state index contributed by atoms with van der Waals surface area (Å²) in [5, 5.41) is 3.47. The highest BCUT2D eigenvalue weighted by Crippen LogP contribution is 2.44. The summed E-state index contributed by atoms with van der Waals surface area (Å²) >= 11 is 0. The minimum atomic E-state index is 0.481. The van der Waals surface area contributed by atoms with Crippen LogP contribution in [0.1, 0.15) is 32.6 Å². The van der Waals surface area contributed by atoms with Gasteiger partial charge in [0.1, 0.15) is 0 Å². The van der Waals surface area contributed by atoms with Crippen molar-refractivity contribution in [3.05, 3.63) is 0 Å². The van der Waals surface area contributed by atoms with Crippen LogP contribution >= 0.6 is 0 Å². The van der Waals surface area contributed by atoms with Crippen molar-refractivity contribution >= 4 is 0 Å². The molecular weight excluding hydrogens is 200 g/mol. The fourth-order valence-electron chi connectivity index (χ4n) is 3.55. The van der Waals surface area contributed by atoms with Crippen LogP contribution in [0.25, 0.3) is 0 Å². The third kappa shape index (κ3) is 1.79. The van der Waals surface area contributed by atoms with E-state index in [9.17, 15) is 0 Å². The van der Waals surface area contributed by atoms with Crippen LogP contribution < -0.4 is 5.32 Å². The summed E-state index contributed by atoms with van der Waals surface area (Å²) in [6.45, 7) is 9.49. The fourth-order valence-corrected chi connectivity index (χ4v) is 3.55. The first-order valence-corrected chi connectivity index (χ1v) is 6.76. The first-order chi connectivity index (χ1) is 7.73. The van der Waals surface area contributed by atoms with Gasteiger partial charge in [0.2, 0.25) is 0 Å². The van der Waals surface area contributed by atoms with Gasteiger partial charge in [0, 0.05) is 37.3 Å². The van der Waals surface area contributed by atoms with E-state index in [4.69, 9.17) is 4.74 Å². The molecule has 16 heavy (non-hydrogen) atoms. The lowest BCUT2D eigenvalue weighted by Crippen LogP contribution is -2.67. The maximum atomic E-state index is 5.48. The summed E-state index contributed by atoms with van der Waals surface area (Å²) in [5.74, 6) is 0. The van der Waals surface area contributed by atoms with E-state index in [1.54, 1.807) is 0 Å². The van der Waals surface area contributed by atoms with Crippen LogP contribution in [0.4, 0.5) is 0 Å². The van der Waals surface area contributed by atoms with Crippen molar-refractivity contribution in [2.75, 3.05) is 39.4 Å². The van der Waals surface area contributed by atoms with Gasteiger partial charge in [-0.25, -0.2) is 0 Å². The maximum Gasteiger partial charge on any atom is 0.0472 e. The van der Waals surface area contributed by atoms with E-state index in [1.807, 2.05) is 0 Å². The molecule has 0 unspecified atom stereocenters. The standard InChI is InChI=1S/C13H24N2O/c1-12(2-6-14-7-3-12)15-10-13(11-15)4-8-16-9-5-13/h14H,2-11H2,1H3. The van der Waals surface area contributed by atoms with Crippen LogP contribution in [0.15, 0.2) is 0 Å². The number of ether oxygens (including phenoxy) is 1. The topological polar surface area (TPSA) is 24.5 Å². The van der Waals surface area contributed by atoms with Crippen LogP contribution in [0.3, 0.4) is 0 Å². The van der Waals surface area contributed by atoms with Gasteiger partial charge in [-0.15, -0.1) is 0 Å². The van der Waals surface area contributed by atoms with Crippen LogP contribution in [0, 0.1) is 5.41 Å². The first-order valence-electron chi connectivity index (χ1n) is 6.76. The molecule has 92 valence electrons. The summed E-state index contributed by atoms with van der Waals surface area (Å²) in [6.07, 6.45) is 5.22. The Balaban J connectivity index is 1.59. The molecule has 0 amide bonds. The molecule has 3 rings (SSSR count). The highest BCUT2D eigenvalue weighted by molar-refractivity contribution is 5.04. The highest BCUT2D eigenvalue weighted by Gasteiger charge is 2.49. The van der Waals surface area contributed by atoms with Gasteiger partial charge in [0.25, 0.3) is 0 Å². The molecule has 0 saturated carbocycles. The smallest absolute Gasteiger partial charge is 0.0472 e. The molecule has 1 N–H and O–H groups in total. The summed E-state index contributed by atoms with van der Waals surface area (Å²) in [5.41, 5.74) is 1.11. The van der Waals surface area contributed by atoms with E-state index in [2.05, 4.69) is 17.1 Å². The average molecular weight is 224 g/mol. The Hall–Kier alpha value is -0.120. The third-order valence-electron chi connectivity index (χ3n) is 5.05. The Morgan fingerprint density at radius 2 is 1.62 bits per heavy atom. The van der Waals surface area contributed by atoms with E-state index in [0.29, 0.717) is 11.0 Å². The van der Waals surface area contributed by atoms with E-state index >= 15 is 0 Å². The van der Waals surface area contributed by atoms with Crippen molar-refractivity contribution < 1.29 is 4.74 Å². The van der Waals surface area contributed by atoms with E-state index < -0.39 is 0 Å². The Bertz CT molecular complexity index is 247. The third-order valence-corrected chi connectivity index (χ3v) is 5.05. The van der Waals surface area contributed by atoms with E-state index in [0.717, 1.165) is 13.2 Å². The zero-order chi connectivity index (χ0) is 11.1. The van der Waals surface area contributed by atoms with Gasteiger partial charge in [-0.1, -0.05) is 0 Å². The second-order valence-corrected chi connectivity index (χ2v) is 6.22. The van der Waals surface area contributed by atoms with E-state index in [-0.39, 0.29) is 0 Å². The van der Waals surface area contributed by atoms with Crippen molar-refractivity contribution in [3.63, 3.8) is 0 Å². The number of nitrogens with zero attached hydrogens (tertiary/aromatic N) is 1. The van der Waals surface area contributed by atoms with Crippen molar-refractivity contribution in [1.29, 1.82) is 0 Å². The minimum absolute atomic E-state index is 0.481. The minimum Gasteiger partial charge on any atom is -0.381 e.